The third-order valence-corrected chi connectivity index (χ3v) is 3.06. The Kier molecular flexibility index (Phi) is 5.10. The van der Waals surface area contributed by atoms with Gasteiger partial charge in [-0.2, -0.15) is 0 Å². The van der Waals surface area contributed by atoms with Crippen molar-refractivity contribution in [1.82, 2.24) is 10.3 Å². The van der Waals surface area contributed by atoms with Gasteiger partial charge in [-0.25, -0.2) is 4.79 Å². The minimum absolute atomic E-state index is 0.151. The fourth-order valence-corrected chi connectivity index (χ4v) is 2.21. The third-order valence-electron chi connectivity index (χ3n) is 3.06. The molecule has 1 aromatic rings. The van der Waals surface area contributed by atoms with Crippen molar-refractivity contribution in [3.8, 4) is 0 Å². The van der Waals surface area contributed by atoms with Crippen LogP contribution in [0.1, 0.15) is 24.2 Å². The molecule has 1 aromatic heterocycles. The first kappa shape index (κ1) is 15.2. The zero-order valence-electron chi connectivity index (χ0n) is 12.2. The Labute approximate surface area is 123 Å². The number of hydrogen-bond acceptors (Lipinski definition) is 6. The average Bonchev–Trinajstić information content (AvgIpc) is 2.47. The molecule has 7 heteroatoms. The van der Waals surface area contributed by atoms with Crippen LogP contribution in [0.15, 0.2) is 18.5 Å². The molecule has 7 nitrogen and oxygen atoms in total. The molecule has 1 aliphatic rings. The van der Waals surface area contributed by atoms with Gasteiger partial charge in [0.1, 0.15) is 11.8 Å². The molecule has 21 heavy (non-hydrogen) atoms. The van der Waals surface area contributed by atoms with E-state index in [2.05, 4.69) is 10.3 Å². The van der Waals surface area contributed by atoms with Crippen molar-refractivity contribution >= 4 is 17.6 Å². The van der Waals surface area contributed by atoms with Gasteiger partial charge >= 0.3 is 5.97 Å². The lowest BCUT2D eigenvalue weighted by molar-refractivity contribution is -0.123. The van der Waals surface area contributed by atoms with Crippen LogP contribution in [0.25, 0.3) is 0 Å². The zero-order chi connectivity index (χ0) is 15.2. The number of aromatic nitrogens is 1. The number of amides is 1. The molecule has 0 radical (unpaired) electrons. The average molecular weight is 293 g/mol. The predicted octanol–water partition coefficient (Wildman–Crippen LogP) is 0.557. The summed E-state index contributed by atoms with van der Waals surface area (Å²) in [5.74, 6) is -0.551. The van der Waals surface area contributed by atoms with Crippen molar-refractivity contribution in [3.05, 3.63) is 24.0 Å². The van der Waals surface area contributed by atoms with Crippen molar-refractivity contribution in [2.45, 2.75) is 20.1 Å². The zero-order valence-corrected chi connectivity index (χ0v) is 12.2. The number of ether oxygens (including phenoxy) is 2. The maximum Gasteiger partial charge on any atom is 0.341 e. The van der Waals surface area contributed by atoms with Crippen LogP contribution in [0.4, 0.5) is 5.69 Å². The molecule has 0 aromatic carbocycles. The van der Waals surface area contributed by atoms with Gasteiger partial charge in [-0.05, 0) is 13.0 Å². The molecule has 1 saturated heterocycles. The van der Waals surface area contributed by atoms with Gasteiger partial charge in [-0.15, -0.1) is 0 Å². The molecular formula is C14H19N3O4. The Morgan fingerprint density at radius 3 is 3.10 bits per heavy atom. The Hall–Kier alpha value is -2.15. The first-order chi connectivity index (χ1) is 10.1. The summed E-state index contributed by atoms with van der Waals surface area (Å²) in [7, 11) is 0. The van der Waals surface area contributed by atoms with Crippen LogP contribution in [0.5, 0.6) is 0 Å². The second-order valence-electron chi connectivity index (χ2n) is 4.62. The number of nitrogens with zero attached hydrogens (tertiary/aromatic N) is 2. The van der Waals surface area contributed by atoms with Crippen LogP contribution < -0.4 is 10.2 Å². The van der Waals surface area contributed by atoms with Crippen LogP contribution in [0.2, 0.25) is 0 Å². The fraction of sp³-hybridized carbons (Fsp3) is 0.500. The second kappa shape index (κ2) is 7.03. The summed E-state index contributed by atoms with van der Waals surface area (Å²) in [6.07, 6.45) is 2.73. The number of rotatable bonds is 4. The van der Waals surface area contributed by atoms with E-state index in [9.17, 15) is 9.59 Å². The van der Waals surface area contributed by atoms with E-state index in [1.54, 1.807) is 19.2 Å². The lowest BCUT2D eigenvalue weighted by atomic mass is 10.2. The predicted molar refractivity (Wildman–Crippen MR) is 76.0 cm³/mol. The summed E-state index contributed by atoms with van der Waals surface area (Å²) in [6, 6.07) is 1.77. The van der Waals surface area contributed by atoms with Crippen molar-refractivity contribution < 1.29 is 19.1 Å². The monoisotopic (exact) mass is 293 g/mol. The van der Waals surface area contributed by atoms with Gasteiger partial charge in [0.05, 0.1) is 25.4 Å². The van der Waals surface area contributed by atoms with Crippen molar-refractivity contribution in [3.63, 3.8) is 0 Å². The van der Waals surface area contributed by atoms with E-state index >= 15 is 0 Å². The van der Waals surface area contributed by atoms with Gasteiger partial charge in [0, 0.05) is 25.9 Å². The summed E-state index contributed by atoms with van der Waals surface area (Å²) < 4.78 is 10.5. The highest BCUT2D eigenvalue weighted by molar-refractivity contribution is 5.95. The molecule has 0 bridgehead atoms. The summed E-state index contributed by atoms with van der Waals surface area (Å²) in [5, 5.41) is 2.72. The highest BCUT2D eigenvalue weighted by Crippen LogP contribution is 2.22. The first-order valence-electron chi connectivity index (χ1n) is 6.86. The van der Waals surface area contributed by atoms with E-state index in [-0.39, 0.29) is 12.1 Å². The molecule has 0 aliphatic carbocycles. The largest absolute Gasteiger partial charge is 0.462 e. The van der Waals surface area contributed by atoms with Crippen molar-refractivity contribution in [2.75, 3.05) is 31.2 Å². The SMILES string of the molecule is CCOC(=O)c1cnccc1N1CCOC(NC(C)=O)C1. The van der Waals surface area contributed by atoms with Crippen molar-refractivity contribution in [1.29, 1.82) is 0 Å². The van der Waals surface area contributed by atoms with Gasteiger partial charge in [0.15, 0.2) is 0 Å². The number of anilines is 1. The minimum Gasteiger partial charge on any atom is -0.462 e. The number of nitrogens with one attached hydrogen (secondary N) is 1. The van der Waals surface area contributed by atoms with E-state index in [0.29, 0.717) is 31.9 Å². The maximum atomic E-state index is 12.0. The van der Waals surface area contributed by atoms with E-state index < -0.39 is 5.97 Å². The molecular weight excluding hydrogens is 274 g/mol. The molecule has 114 valence electrons. The van der Waals surface area contributed by atoms with Gasteiger partial charge in [-0.1, -0.05) is 0 Å². The van der Waals surface area contributed by atoms with Gasteiger partial charge in [0.2, 0.25) is 5.91 Å². The van der Waals surface area contributed by atoms with Gasteiger partial charge < -0.3 is 19.7 Å². The normalized spacial score (nSPS) is 18.2. The number of carbonyl (C=O) groups excluding carboxylic acids is 2. The second-order valence-corrected chi connectivity index (χ2v) is 4.62. The lowest BCUT2D eigenvalue weighted by Crippen LogP contribution is -2.50. The van der Waals surface area contributed by atoms with Crippen LogP contribution in [0.3, 0.4) is 0 Å². The van der Waals surface area contributed by atoms with Crippen molar-refractivity contribution in [2.24, 2.45) is 0 Å². The smallest absolute Gasteiger partial charge is 0.341 e. The minimum atomic E-state index is -0.400. The van der Waals surface area contributed by atoms with Crippen LogP contribution in [0, 0.1) is 0 Å². The summed E-state index contributed by atoms with van der Waals surface area (Å²) >= 11 is 0. The lowest BCUT2D eigenvalue weighted by Gasteiger charge is -2.35. The first-order valence-corrected chi connectivity index (χ1v) is 6.86. The van der Waals surface area contributed by atoms with E-state index in [1.807, 2.05) is 4.90 Å². The van der Waals surface area contributed by atoms with E-state index in [4.69, 9.17) is 9.47 Å². The molecule has 1 amide bonds. The quantitative estimate of drug-likeness (QED) is 0.817. The van der Waals surface area contributed by atoms with Crippen LogP contribution >= 0.6 is 0 Å². The number of morpholine rings is 1. The maximum absolute atomic E-state index is 12.0. The summed E-state index contributed by atoms with van der Waals surface area (Å²) in [6.45, 7) is 5.08. The standard InChI is InChI=1S/C14H19N3O4/c1-3-20-14(19)11-8-15-5-4-12(11)17-6-7-21-13(9-17)16-10(2)18/h4-5,8,13H,3,6-7,9H2,1-2H3,(H,16,18). The molecule has 0 spiro atoms. The molecule has 1 atom stereocenters. The highest BCUT2D eigenvalue weighted by atomic mass is 16.5. The highest BCUT2D eigenvalue weighted by Gasteiger charge is 2.25. The Bertz CT molecular complexity index is 521. The number of carbonyl (C=O) groups is 2. The molecule has 1 fully saturated rings. The van der Waals surface area contributed by atoms with Crippen LogP contribution in [-0.2, 0) is 14.3 Å². The molecule has 2 heterocycles. The van der Waals surface area contributed by atoms with Gasteiger partial charge in [-0.3, -0.25) is 9.78 Å². The van der Waals surface area contributed by atoms with E-state index in [1.165, 1.54) is 13.1 Å². The molecule has 0 saturated carbocycles. The number of esters is 1. The molecule has 2 rings (SSSR count). The summed E-state index contributed by atoms with van der Waals surface area (Å²) in [5.41, 5.74) is 1.16. The van der Waals surface area contributed by atoms with E-state index in [0.717, 1.165) is 5.69 Å². The number of pyridine rings is 1. The third kappa shape index (κ3) is 3.91. The molecule has 1 unspecified atom stereocenters. The Morgan fingerprint density at radius 2 is 2.38 bits per heavy atom. The van der Waals surface area contributed by atoms with Gasteiger partial charge in [0.25, 0.3) is 0 Å². The van der Waals surface area contributed by atoms with Crippen LogP contribution in [-0.4, -0.2) is 49.4 Å². The number of hydrogen-bond donors (Lipinski definition) is 1. The summed E-state index contributed by atoms with van der Waals surface area (Å²) in [4.78, 5) is 29.1. The molecule has 1 aliphatic heterocycles. The Balaban J connectivity index is 2.17. The molecule has 1 N–H and O–H groups in total. The fourth-order valence-electron chi connectivity index (χ4n) is 2.21. The Morgan fingerprint density at radius 1 is 1.57 bits per heavy atom. The topological polar surface area (TPSA) is 80.8 Å².